The van der Waals surface area contributed by atoms with Crippen molar-refractivity contribution in [3.8, 4) is 11.5 Å². The van der Waals surface area contributed by atoms with E-state index in [1.54, 1.807) is 12.0 Å². The molecule has 0 spiro atoms. The van der Waals surface area contributed by atoms with Gasteiger partial charge in [0, 0.05) is 24.1 Å². The Morgan fingerprint density at radius 2 is 2.14 bits per heavy atom. The summed E-state index contributed by atoms with van der Waals surface area (Å²) in [6.07, 6.45) is 0.634. The maximum atomic E-state index is 12.2. The molecule has 2 aliphatic rings. The van der Waals surface area contributed by atoms with Gasteiger partial charge in [0.2, 0.25) is 0 Å². The number of amides is 1. The van der Waals surface area contributed by atoms with Crippen molar-refractivity contribution in [2.45, 2.75) is 44.8 Å². The molecule has 2 heterocycles. The van der Waals surface area contributed by atoms with Gasteiger partial charge in [-0.05, 0) is 33.3 Å². The lowest BCUT2D eigenvalue weighted by Crippen LogP contribution is -2.47. The molecule has 2 atom stereocenters. The molecular weight excluding hydrogens is 282 g/mol. The third-order valence-electron chi connectivity index (χ3n) is 4.11. The number of hydrogen-bond acceptors (Lipinski definition) is 4. The Bertz CT molecular complexity index is 579. The fraction of sp³-hybridized carbons (Fsp3) is 0.588. The van der Waals surface area contributed by atoms with Gasteiger partial charge in [0.15, 0.2) is 0 Å². The molecule has 2 aliphatic heterocycles. The van der Waals surface area contributed by atoms with Crippen LogP contribution in [0.2, 0.25) is 0 Å². The predicted molar refractivity (Wildman–Crippen MR) is 82.6 cm³/mol. The number of carbonyl (C=O) groups is 1. The van der Waals surface area contributed by atoms with Crippen LogP contribution < -0.4 is 9.47 Å². The smallest absolute Gasteiger partial charge is 0.410 e. The highest BCUT2D eigenvalue weighted by atomic mass is 16.6. The monoisotopic (exact) mass is 305 g/mol. The highest BCUT2D eigenvalue weighted by Crippen LogP contribution is 2.44. The van der Waals surface area contributed by atoms with E-state index in [9.17, 15) is 4.79 Å². The molecule has 5 heteroatoms. The average Bonchev–Trinajstić information content (AvgIpc) is 2.81. The van der Waals surface area contributed by atoms with Gasteiger partial charge in [-0.2, -0.15) is 0 Å². The van der Waals surface area contributed by atoms with E-state index in [1.807, 2.05) is 32.9 Å². The molecule has 1 aromatic carbocycles. The molecule has 0 saturated carbocycles. The first-order valence-corrected chi connectivity index (χ1v) is 7.70. The number of ether oxygens (including phenoxy) is 3. The summed E-state index contributed by atoms with van der Waals surface area (Å²) in [5, 5.41) is 0. The second-order valence-electron chi connectivity index (χ2n) is 6.88. The van der Waals surface area contributed by atoms with Crippen molar-refractivity contribution in [1.82, 2.24) is 4.90 Å². The number of piperidine rings is 1. The normalized spacial score (nSPS) is 23.4. The van der Waals surface area contributed by atoms with Crippen LogP contribution in [0.4, 0.5) is 4.79 Å². The molecule has 1 aromatic rings. The Balaban J connectivity index is 1.70. The van der Waals surface area contributed by atoms with Crippen LogP contribution in [0.3, 0.4) is 0 Å². The molecule has 1 saturated heterocycles. The molecule has 5 nitrogen and oxygen atoms in total. The summed E-state index contributed by atoms with van der Waals surface area (Å²) >= 11 is 0. The van der Waals surface area contributed by atoms with Crippen LogP contribution in [0, 0.1) is 0 Å². The summed E-state index contributed by atoms with van der Waals surface area (Å²) in [7, 11) is 1.65. The van der Waals surface area contributed by atoms with Crippen molar-refractivity contribution in [2.75, 3.05) is 20.2 Å². The SMILES string of the molecule is COc1ccc2c(c1)OC1CN(C(=O)OC(C)(C)C)CCC21. The minimum absolute atomic E-state index is 0.00312. The summed E-state index contributed by atoms with van der Waals surface area (Å²) < 4.78 is 16.7. The molecular formula is C17H23NO4. The molecule has 0 bridgehead atoms. The van der Waals surface area contributed by atoms with Gasteiger partial charge in [0.05, 0.1) is 13.7 Å². The third-order valence-corrected chi connectivity index (χ3v) is 4.11. The Morgan fingerprint density at radius 1 is 1.36 bits per heavy atom. The van der Waals surface area contributed by atoms with Gasteiger partial charge in [-0.15, -0.1) is 0 Å². The van der Waals surface area contributed by atoms with E-state index < -0.39 is 5.60 Å². The van der Waals surface area contributed by atoms with E-state index in [2.05, 4.69) is 6.07 Å². The number of hydrogen-bond donors (Lipinski definition) is 0. The Hall–Kier alpha value is -1.91. The highest BCUT2D eigenvalue weighted by molar-refractivity contribution is 5.68. The molecule has 22 heavy (non-hydrogen) atoms. The fourth-order valence-electron chi connectivity index (χ4n) is 3.10. The van der Waals surface area contributed by atoms with Gasteiger partial charge in [-0.1, -0.05) is 6.07 Å². The number of fused-ring (bicyclic) bond motifs is 3. The summed E-state index contributed by atoms with van der Waals surface area (Å²) in [5.74, 6) is 2.02. The van der Waals surface area contributed by atoms with E-state index in [0.717, 1.165) is 17.9 Å². The lowest BCUT2D eigenvalue weighted by atomic mass is 9.89. The van der Waals surface area contributed by atoms with E-state index in [1.165, 1.54) is 5.56 Å². The van der Waals surface area contributed by atoms with Crippen LogP contribution in [0.5, 0.6) is 11.5 Å². The molecule has 3 rings (SSSR count). The molecule has 120 valence electrons. The molecule has 0 aromatic heterocycles. The van der Waals surface area contributed by atoms with Gasteiger partial charge < -0.3 is 19.1 Å². The van der Waals surface area contributed by atoms with Crippen molar-refractivity contribution < 1.29 is 19.0 Å². The van der Waals surface area contributed by atoms with Gasteiger partial charge >= 0.3 is 6.09 Å². The van der Waals surface area contributed by atoms with Crippen molar-refractivity contribution in [2.24, 2.45) is 0 Å². The zero-order chi connectivity index (χ0) is 15.9. The Morgan fingerprint density at radius 3 is 2.82 bits per heavy atom. The van der Waals surface area contributed by atoms with Crippen LogP contribution in [0.1, 0.15) is 38.7 Å². The zero-order valence-electron chi connectivity index (χ0n) is 13.6. The minimum atomic E-state index is -0.471. The van der Waals surface area contributed by atoms with E-state index in [-0.39, 0.29) is 12.2 Å². The van der Waals surface area contributed by atoms with Gasteiger partial charge in [0.25, 0.3) is 0 Å². The average molecular weight is 305 g/mol. The summed E-state index contributed by atoms with van der Waals surface area (Å²) in [4.78, 5) is 13.9. The van der Waals surface area contributed by atoms with Crippen LogP contribution in [0.25, 0.3) is 0 Å². The molecule has 2 unspecified atom stereocenters. The molecule has 0 radical (unpaired) electrons. The van der Waals surface area contributed by atoms with Crippen LogP contribution in [0.15, 0.2) is 18.2 Å². The maximum absolute atomic E-state index is 12.2. The standard InChI is InChI=1S/C17H23NO4/c1-17(2,3)22-16(19)18-8-7-13-12-6-5-11(20-4)9-14(12)21-15(13)10-18/h5-6,9,13,15H,7-8,10H2,1-4H3. The Labute approximate surface area is 131 Å². The molecule has 0 aliphatic carbocycles. The number of carbonyl (C=O) groups excluding carboxylic acids is 1. The Kier molecular flexibility index (Phi) is 3.67. The van der Waals surface area contributed by atoms with Gasteiger partial charge in [0.1, 0.15) is 23.2 Å². The van der Waals surface area contributed by atoms with Gasteiger partial charge in [-0.25, -0.2) is 4.79 Å². The summed E-state index contributed by atoms with van der Waals surface area (Å²) in [6, 6.07) is 5.96. The lowest BCUT2D eigenvalue weighted by Gasteiger charge is -2.35. The van der Waals surface area contributed by atoms with E-state index in [4.69, 9.17) is 14.2 Å². The van der Waals surface area contributed by atoms with Crippen LogP contribution in [-0.2, 0) is 4.74 Å². The summed E-state index contributed by atoms with van der Waals surface area (Å²) in [6.45, 7) is 6.91. The number of nitrogens with zero attached hydrogens (tertiary/aromatic N) is 1. The maximum Gasteiger partial charge on any atom is 0.410 e. The van der Waals surface area contributed by atoms with Crippen LogP contribution >= 0.6 is 0 Å². The van der Waals surface area contributed by atoms with Crippen molar-refractivity contribution in [3.63, 3.8) is 0 Å². The largest absolute Gasteiger partial charge is 0.497 e. The highest BCUT2D eigenvalue weighted by Gasteiger charge is 2.41. The topological polar surface area (TPSA) is 48.0 Å². The van der Waals surface area contributed by atoms with E-state index in [0.29, 0.717) is 19.0 Å². The minimum Gasteiger partial charge on any atom is -0.497 e. The van der Waals surface area contributed by atoms with Crippen molar-refractivity contribution >= 4 is 6.09 Å². The first kappa shape index (κ1) is 15.0. The zero-order valence-corrected chi connectivity index (χ0v) is 13.6. The number of likely N-dealkylation sites (tertiary alicyclic amines) is 1. The third kappa shape index (κ3) is 2.85. The van der Waals surface area contributed by atoms with Gasteiger partial charge in [-0.3, -0.25) is 0 Å². The molecule has 1 fully saturated rings. The summed E-state index contributed by atoms with van der Waals surface area (Å²) in [5.41, 5.74) is 0.746. The quantitative estimate of drug-likeness (QED) is 0.799. The first-order valence-electron chi connectivity index (χ1n) is 7.70. The fourth-order valence-corrected chi connectivity index (χ4v) is 3.10. The predicted octanol–water partition coefficient (Wildman–Crippen LogP) is 3.18. The van der Waals surface area contributed by atoms with Crippen molar-refractivity contribution in [3.05, 3.63) is 23.8 Å². The lowest BCUT2D eigenvalue weighted by molar-refractivity contribution is 0.00788. The second-order valence-corrected chi connectivity index (χ2v) is 6.88. The number of rotatable bonds is 1. The molecule has 0 N–H and O–H groups in total. The molecule has 1 amide bonds. The van der Waals surface area contributed by atoms with E-state index >= 15 is 0 Å². The second kappa shape index (κ2) is 5.38. The first-order chi connectivity index (χ1) is 10.4. The number of benzene rings is 1. The number of methoxy groups -OCH3 is 1. The van der Waals surface area contributed by atoms with Crippen molar-refractivity contribution in [1.29, 1.82) is 0 Å². The van der Waals surface area contributed by atoms with Crippen LogP contribution in [-0.4, -0.2) is 42.9 Å².